The predicted octanol–water partition coefficient (Wildman–Crippen LogP) is 5.15. The van der Waals surface area contributed by atoms with Crippen LogP contribution in [0.3, 0.4) is 0 Å². The number of rotatable bonds is 4. The molecule has 0 spiro atoms. The first kappa shape index (κ1) is 16.1. The Labute approximate surface area is 145 Å². The van der Waals surface area contributed by atoms with Gasteiger partial charge in [0.1, 0.15) is 0 Å². The lowest BCUT2D eigenvalue weighted by atomic mass is 9.99. The molecule has 0 saturated heterocycles. The van der Waals surface area contributed by atoms with Crippen LogP contribution in [0.4, 0.5) is 11.4 Å². The average Bonchev–Trinajstić information content (AvgIpc) is 2.62. The molecule has 0 aliphatic rings. The van der Waals surface area contributed by atoms with Crippen molar-refractivity contribution in [1.29, 1.82) is 0 Å². The van der Waals surface area contributed by atoms with E-state index in [1.165, 1.54) is 33.6 Å². The number of nitrogens with zero attached hydrogens (tertiary/aromatic N) is 2. The zero-order valence-electron chi connectivity index (χ0n) is 14.8. The number of hydrogen-bond acceptors (Lipinski definition) is 2. The largest absolute Gasteiger partial charge is 0.378 e. The molecule has 0 amide bonds. The molecule has 0 saturated carbocycles. The molecule has 0 aliphatic heterocycles. The smallest absolute Gasteiger partial charge is 0.0367 e. The minimum absolute atomic E-state index is 1.22. The Morgan fingerprint density at radius 3 is 1.17 bits per heavy atom. The molecule has 0 aromatic heterocycles. The van der Waals surface area contributed by atoms with Crippen LogP contribution in [0.15, 0.2) is 72.8 Å². The van der Waals surface area contributed by atoms with Crippen LogP contribution < -0.4 is 9.80 Å². The molecule has 0 atom stereocenters. The van der Waals surface area contributed by atoms with Gasteiger partial charge < -0.3 is 9.80 Å². The minimum atomic E-state index is 1.22. The summed E-state index contributed by atoms with van der Waals surface area (Å²) < 4.78 is 0. The summed E-state index contributed by atoms with van der Waals surface area (Å²) in [6, 6.07) is 26.1. The van der Waals surface area contributed by atoms with E-state index in [0.29, 0.717) is 0 Å². The molecule has 0 unspecified atom stereocenters. The Kier molecular flexibility index (Phi) is 4.57. The van der Waals surface area contributed by atoms with E-state index in [1.54, 1.807) is 0 Å². The first-order chi connectivity index (χ1) is 11.5. The van der Waals surface area contributed by atoms with Crippen molar-refractivity contribution < 1.29 is 0 Å². The Hall–Kier alpha value is -2.74. The Balaban J connectivity index is 1.91. The average molecular weight is 316 g/mol. The lowest BCUT2D eigenvalue weighted by molar-refractivity contribution is 1.13. The van der Waals surface area contributed by atoms with Crippen LogP contribution in [-0.2, 0) is 0 Å². The van der Waals surface area contributed by atoms with E-state index in [4.69, 9.17) is 0 Å². The van der Waals surface area contributed by atoms with E-state index in [9.17, 15) is 0 Å². The van der Waals surface area contributed by atoms with Gasteiger partial charge in [-0.15, -0.1) is 0 Å². The third-order valence-corrected chi connectivity index (χ3v) is 4.28. The maximum Gasteiger partial charge on any atom is 0.0367 e. The van der Waals surface area contributed by atoms with Crippen molar-refractivity contribution in [2.24, 2.45) is 0 Å². The second-order valence-electron chi connectivity index (χ2n) is 6.47. The van der Waals surface area contributed by atoms with Crippen molar-refractivity contribution in [3.05, 3.63) is 72.8 Å². The van der Waals surface area contributed by atoms with Gasteiger partial charge in [0.15, 0.2) is 0 Å². The summed E-state index contributed by atoms with van der Waals surface area (Å²) in [5.74, 6) is 0. The topological polar surface area (TPSA) is 6.48 Å². The molecular formula is C22H24N2. The van der Waals surface area contributed by atoms with Crippen LogP contribution in [0.1, 0.15) is 0 Å². The fourth-order valence-corrected chi connectivity index (χ4v) is 2.78. The zero-order chi connectivity index (χ0) is 17.1. The highest BCUT2D eigenvalue weighted by Gasteiger charge is 2.04. The van der Waals surface area contributed by atoms with E-state index in [2.05, 4.69) is 111 Å². The van der Waals surface area contributed by atoms with Gasteiger partial charge in [0.2, 0.25) is 0 Å². The summed E-state index contributed by atoms with van der Waals surface area (Å²) in [4.78, 5) is 4.26. The molecule has 0 radical (unpaired) electrons. The maximum atomic E-state index is 2.22. The lowest BCUT2D eigenvalue weighted by Crippen LogP contribution is -2.08. The fourth-order valence-electron chi connectivity index (χ4n) is 2.78. The van der Waals surface area contributed by atoms with Gasteiger partial charge in [-0.25, -0.2) is 0 Å². The molecule has 0 fully saturated rings. The van der Waals surface area contributed by atoms with Crippen molar-refractivity contribution in [2.75, 3.05) is 38.0 Å². The van der Waals surface area contributed by atoms with Crippen LogP contribution in [0.5, 0.6) is 0 Å². The van der Waals surface area contributed by atoms with E-state index in [-0.39, 0.29) is 0 Å². The van der Waals surface area contributed by atoms with Crippen LogP contribution in [0.25, 0.3) is 22.3 Å². The molecule has 24 heavy (non-hydrogen) atoms. The van der Waals surface area contributed by atoms with Gasteiger partial charge in [0.25, 0.3) is 0 Å². The van der Waals surface area contributed by atoms with E-state index >= 15 is 0 Å². The predicted molar refractivity (Wildman–Crippen MR) is 106 cm³/mol. The molecule has 0 heterocycles. The Morgan fingerprint density at radius 1 is 0.458 bits per heavy atom. The summed E-state index contributed by atoms with van der Waals surface area (Å²) in [7, 11) is 8.28. The molecular weight excluding hydrogens is 292 g/mol. The van der Waals surface area contributed by atoms with Gasteiger partial charge in [-0.3, -0.25) is 0 Å². The summed E-state index contributed by atoms with van der Waals surface area (Å²) >= 11 is 0. The third kappa shape index (κ3) is 3.43. The van der Waals surface area contributed by atoms with Crippen molar-refractivity contribution in [2.45, 2.75) is 0 Å². The van der Waals surface area contributed by atoms with Crippen LogP contribution in [-0.4, -0.2) is 28.2 Å². The van der Waals surface area contributed by atoms with E-state index in [1.807, 2.05) is 0 Å². The highest BCUT2D eigenvalue weighted by atomic mass is 15.1. The SMILES string of the molecule is CN(C)c1cccc(-c2ccc(-c3cccc(N(C)C)c3)cc2)c1. The van der Waals surface area contributed by atoms with Crippen molar-refractivity contribution in [3.8, 4) is 22.3 Å². The molecule has 3 rings (SSSR count). The Bertz CT molecular complexity index is 747. The molecule has 3 aromatic rings. The van der Waals surface area contributed by atoms with Crippen molar-refractivity contribution in [1.82, 2.24) is 0 Å². The molecule has 3 aromatic carbocycles. The van der Waals surface area contributed by atoms with Gasteiger partial charge in [-0.2, -0.15) is 0 Å². The summed E-state index contributed by atoms with van der Waals surface area (Å²) in [6.45, 7) is 0. The fraction of sp³-hybridized carbons (Fsp3) is 0.182. The van der Waals surface area contributed by atoms with Crippen LogP contribution in [0.2, 0.25) is 0 Å². The van der Waals surface area contributed by atoms with E-state index in [0.717, 1.165) is 0 Å². The number of hydrogen-bond donors (Lipinski definition) is 0. The minimum Gasteiger partial charge on any atom is -0.378 e. The summed E-state index contributed by atoms with van der Waals surface area (Å²) in [6.07, 6.45) is 0. The van der Waals surface area contributed by atoms with Crippen LogP contribution in [0, 0.1) is 0 Å². The maximum absolute atomic E-state index is 2.22. The van der Waals surface area contributed by atoms with Crippen molar-refractivity contribution in [3.63, 3.8) is 0 Å². The monoisotopic (exact) mass is 316 g/mol. The molecule has 122 valence electrons. The highest BCUT2D eigenvalue weighted by Crippen LogP contribution is 2.28. The van der Waals surface area contributed by atoms with Crippen LogP contribution >= 0.6 is 0 Å². The first-order valence-corrected chi connectivity index (χ1v) is 8.20. The molecule has 0 aliphatic carbocycles. The Morgan fingerprint density at radius 2 is 0.833 bits per heavy atom. The highest BCUT2D eigenvalue weighted by molar-refractivity contribution is 5.74. The van der Waals surface area contributed by atoms with Crippen molar-refractivity contribution >= 4 is 11.4 Å². The third-order valence-electron chi connectivity index (χ3n) is 4.28. The zero-order valence-corrected chi connectivity index (χ0v) is 14.8. The molecule has 0 N–H and O–H groups in total. The quantitative estimate of drug-likeness (QED) is 0.656. The van der Waals surface area contributed by atoms with Gasteiger partial charge in [0, 0.05) is 39.6 Å². The van der Waals surface area contributed by atoms with Gasteiger partial charge in [-0.05, 0) is 46.5 Å². The number of anilines is 2. The standard InChI is InChI=1S/C22H24N2/c1-23(2)21-9-5-7-19(15-21)17-11-13-18(14-12-17)20-8-6-10-22(16-20)24(3)4/h5-16H,1-4H3. The molecule has 0 bridgehead atoms. The molecule has 2 heteroatoms. The lowest BCUT2D eigenvalue weighted by Gasteiger charge is -2.15. The van der Waals surface area contributed by atoms with E-state index < -0.39 is 0 Å². The van der Waals surface area contributed by atoms with Gasteiger partial charge in [0.05, 0.1) is 0 Å². The molecule has 2 nitrogen and oxygen atoms in total. The summed E-state index contributed by atoms with van der Waals surface area (Å²) in [5.41, 5.74) is 7.41. The van der Waals surface area contributed by atoms with Gasteiger partial charge >= 0.3 is 0 Å². The first-order valence-electron chi connectivity index (χ1n) is 8.20. The normalized spacial score (nSPS) is 10.5. The summed E-state index contributed by atoms with van der Waals surface area (Å²) in [5, 5.41) is 0. The number of benzene rings is 3. The second-order valence-corrected chi connectivity index (χ2v) is 6.47. The second kappa shape index (κ2) is 6.79. The van der Waals surface area contributed by atoms with Gasteiger partial charge in [-0.1, -0.05) is 48.5 Å².